The Kier molecular flexibility index (Phi) is 8.86. The molecule has 3 amide bonds. The molecule has 0 spiro atoms. The van der Waals surface area contributed by atoms with Crippen LogP contribution >= 0.6 is 0 Å². The minimum atomic E-state index is -5.01. The number of urea groups is 1. The fraction of sp³-hybridized carbons (Fsp3) is 0.481. The van der Waals surface area contributed by atoms with Gasteiger partial charge in [0.05, 0.1) is 17.2 Å². The molecule has 1 aliphatic rings. The van der Waals surface area contributed by atoms with E-state index in [0.717, 1.165) is 4.90 Å². The number of alkyl halides is 6. The third-order valence-corrected chi connectivity index (χ3v) is 6.70. The van der Waals surface area contributed by atoms with Crippen LogP contribution in [-0.2, 0) is 23.7 Å². The highest BCUT2D eigenvalue weighted by molar-refractivity contribution is 5.78. The summed E-state index contributed by atoms with van der Waals surface area (Å²) in [6.45, 7) is 4.79. The number of hydrogen-bond donors (Lipinski definition) is 1. The van der Waals surface area contributed by atoms with Gasteiger partial charge in [0.1, 0.15) is 5.82 Å². The molecule has 2 aromatic carbocycles. The van der Waals surface area contributed by atoms with Crippen molar-refractivity contribution in [3.8, 4) is 0 Å². The molecule has 0 saturated carbocycles. The molecule has 2 atom stereocenters. The summed E-state index contributed by atoms with van der Waals surface area (Å²) in [4.78, 5) is 28.3. The molecule has 1 N–H and O–H groups in total. The Morgan fingerprint density at radius 3 is 2.13 bits per heavy atom. The molecule has 0 aliphatic carbocycles. The molecule has 214 valence electrons. The maximum absolute atomic E-state index is 13.8. The topological polar surface area (TPSA) is 52.7 Å². The monoisotopic (exact) mass is 561 g/mol. The summed E-state index contributed by atoms with van der Waals surface area (Å²) in [7, 11) is 1.29. The van der Waals surface area contributed by atoms with Crippen molar-refractivity contribution in [3.05, 3.63) is 70.0 Å². The van der Waals surface area contributed by atoms with E-state index in [1.54, 1.807) is 20.8 Å². The summed E-state index contributed by atoms with van der Waals surface area (Å²) in [5, 5.41) is 2.94. The van der Waals surface area contributed by atoms with Gasteiger partial charge in [-0.15, -0.1) is 0 Å². The number of carbonyl (C=O) groups is 2. The van der Waals surface area contributed by atoms with Crippen LogP contribution in [0.5, 0.6) is 0 Å². The Morgan fingerprint density at radius 2 is 1.62 bits per heavy atom. The van der Waals surface area contributed by atoms with Crippen molar-refractivity contribution in [1.29, 1.82) is 0 Å². The Balaban J connectivity index is 1.90. The van der Waals surface area contributed by atoms with Gasteiger partial charge < -0.3 is 15.1 Å². The molecule has 39 heavy (non-hydrogen) atoms. The zero-order valence-corrected chi connectivity index (χ0v) is 21.9. The van der Waals surface area contributed by atoms with Gasteiger partial charge in [-0.1, -0.05) is 19.9 Å². The van der Waals surface area contributed by atoms with Crippen LogP contribution in [-0.4, -0.2) is 41.4 Å². The minimum Gasteiger partial charge on any atom is -0.353 e. The van der Waals surface area contributed by atoms with E-state index in [0.29, 0.717) is 36.1 Å². The van der Waals surface area contributed by atoms with Gasteiger partial charge in [-0.2, -0.15) is 26.3 Å². The zero-order valence-electron chi connectivity index (χ0n) is 21.9. The Morgan fingerprint density at radius 1 is 1.03 bits per heavy atom. The van der Waals surface area contributed by atoms with Crippen molar-refractivity contribution >= 4 is 11.9 Å². The van der Waals surface area contributed by atoms with E-state index in [1.807, 2.05) is 0 Å². The summed E-state index contributed by atoms with van der Waals surface area (Å²) in [5.41, 5.74) is -2.07. The number of rotatable bonds is 5. The molecule has 5 nitrogen and oxygen atoms in total. The normalized spacial score (nSPS) is 18.3. The Labute approximate surface area is 222 Å². The molecule has 1 saturated heterocycles. The number of nitrogens with zero attached hydrogens (tertiary/aromatic N) is 2. The summed E-state index contributed by atoms with van der Waals surface area (Å²) in [5.74, 6) is -0.913. The van der Waals surface area contributed by atoms with Crippen LogP contribution in [0.3, 0.4) is 0 Å². The Bertz CT molecular complexity index is 1180. The van der Waals surface area contributed by atoms with Crippen molar-refractivity contribution < 1.29 is 40.3 Å². The van der Waals surface area contributed by atoms with Crippen molar-refractivity contribution in [3.63, 3.8) is 0 Å². The fourth-order valence-corrected chi connectivity index (χ4v) is 4.67. The second kappa shape index (κ2) is 11.4. The van der Waals surface area contributed by atoms with Gasteiger partial charge >= 0.3 is 18.4 Å². The number of aryl methyl sites for hydroxylation is 1. The van der Waals surface area contributed by atoms with Gasteiger partial charge in [-0.05, 0) is 66.8 Å². The van der Waals surface area contributed by atoms with E-state index in [4.69, 9.17) is 0 Å². The SMILES string of the molecule is Cc1cc(F)ccc1[C@@H]1C[C@H](NC(=O)C(C)C)CCN1C(=O)N(C)Cc1cc(C(F)(F)F)cc(C(F)(F)F)c1. The van der Waals surface area contributed by atoms with E-state index in [1.165, 1.54) is 30.1 Å². The van der Waals surface area contributed by atoms with Crippen LogP contribution < -0.4 is 5.32 Å². The highest BCUT2D eigenvalue weighted by Crippen LogP contribution is 2.37. The fourth-order valence-electron chi connectivity index (χ4n) is 4.67. The van der Waals surface area contributed by atoms with Crippen molar-refractivity contribution in [2.24, 2.45) is 5.92 Å². The van der Waals surface area contributed by atoms with Gasteiger partial charge in [0.25, 0.3) is 0 Å². The number of amides is 3. The summed E-state index contributed by atoms with van der Waals surface area (Å²) in [6, 6.07) is 3.78. The van der Waals surface area contributed by atoms with E-state index in [9.17, 15) is 40.3 Å². The number of carbonyl (C=O) groups excluding carboxylic acids is 2. The van der Waals surface area contributed by atoms with Crippen LogP contribution in [0.15, 0.2) is 36.4 Å². The smallest absolute Gasteiger partial charge is 0.353 e. The number of halogens is 7. The number of nitrogens with one attached hydrogen (secondary N) is 1. The maximum atomic E-state index is 13.8. The predicted molar refractivity (Wildman–Crippen MR) is 130 cm³/mol. The van der Waals surface area contributed by atoms with E-state index in [2.05, 4.69) is 5.32 Å². The van der Waals surface area contributed by atoms with Gasteiger partial charge in [0.2, 0.25) is 5.91 Å². The number of piperidine rings is 1. The Hall–Kier alpha value is -3.31. The van der Waals surface area contributed by atoms with E-state index < -0.39 is 47.9 Å². The first-order valence-electron chi connectivity index (χ1n) is 12.3. The maximum Gasteiger partial charge on any atom is 0.416 e. The average molecular weight is 562 g/mol. The number of likely N-dealkylation sites (tertiary alicyclic amines) is 1. The third kappa shape index (κ3) is 7.42. The third-order valence-electron chi connectivity index (χ3n) is 6.70. The molecule has 0 radical (unpaired) electrons. The van der Waals surface area contributed by atoms with Crippen molar-refractivity contribution in [2.45, 2.75) is 64.6 Å². The lowest BCUT2D eigenvalue weighted by atomic mass is 9.89. The van der Waals surface area contributed by atoms with Crippen LogP contribution in [0.2, 0.25) is 0 Å². The van der Waals surface area contributed by atoms with Gasteiger partial charge in [0, 0.05) is 32.1 Å². The van der Waals surface area contributed by atoms with Crippen LogP contribution in [0.1, 0.15) is 60.5 Å². The van der Waals surface area contributed by atoms with Crippen LogP contribution in [0, 0.1) is 18.7 Å². The second-order valence-corrected chi connectivity index (χ2v) is 10.1. The minimum absolute atomic E-state index is 0.0366. The van der Waals surface area contributed by atoms with Gasteiger partial charge in [0.15, 0.2) is 0 Å². The first-order chi connectivity index (χ1) is 18.0. The molecule has 1 aliphatic heterocycles. The molecule has 1 heterocycles. The first kappa shape index (κ1) is 30.2. The highest BCUT2D eigenvalue weighted by atomic mass is 19.4. The summed E-state index contributed by atoms with van der Waals surface area (Å²) < 4.78 is 93.6. The van der Waals surface area contributed by atoms with E-state index >= 15 is 0 Å². The number of hydrogen-bond acceptors (Lipinski definition) is 2. The molecular weight excluding hydrogens is 531 g/mol. The second-order valence-electron chi connectivity index (χ2n) is 10.1. The molecule has 2 aromatic rings. The lowest BCUT2D eigenvalue weighted by Crippen LogP contribution is -2.51. The van der Waals surface area contributed by atoms with Gasteiger partial charge in [-0.3, -0.25) is 4.79 Å². The summed E-state index contributed by atoms with van der Waals surface area (Å²) in [6.07, 6.45) is -9.33. The molecule has 0 bridgehead atoms. The standard InChI is InChI=1S/C27H30F7N3O2/c1-15(2)24(38)35-21-7-8-37(23(13-21)22-6-5-20(28)9-16(22)3)25(39)36(4)14-17-10-18(26(29,30)31)12-19(11-17)27(32,33)34/h5-6,9-12,15,21,23H,7-8,13-14H2,1-4H3,(H,35,38)/t21-,23+/m1/s1. The predicted octanol–water partition coefficient (Wildman–Crippen LogP) is 6.70. The molecule has 3 rings (SSSR count). The zero-order chi connectivity index (χ0) is 29.3. The van der Waals surface area contributed by atoms with Crippen LogP contribution in [0.25, 0.3) is 0 Å². The lowest BCUT2D eigenvalue weighted by molar-refractivity contribution is -0.143. The van der Waals surface area contributed by atoms with Crippen molar-refractivity contribution in [1.82, 2.24) is 15.1 Å². The first-order valence-corrected chi connectivity index (χ1v) is 12.3. The number of benzene rings is 2. The lowest BCUT2D eigenvalue weighted by Gasteiger charge is -2.42. The summed E-state index contributed by atoms with van der Waals surface area (Å²) >= 11 is 0. The molecule has 0 unspecified atom stereocenters. The molecule has 12 heteroatoms. The van der Waals surface area contributed by atoms with Crippen LogP contribution in [0.4, 0.5) is 35.5 Å². The van der Waals surface area contributed by atoms with E-state index in [-0.39, 0.29) is 36.0 Å². The largest absolute Gasteiger partial charge is 0.416 e. The van der Waals surface area contributed by atoms with Crippen molar-refractivity contribution in [2.75, 3.05) is 13.6 Å². The molecule has 0 aromatic heterocycles. The highest BCUT2D eigenvalue weighted by Gasteiger charge is 2.38. The molecular formula is C27H30F7N3O2. The average Bonchev–Trinajstić information content (AvgIpc) is 2.82. The quantitative estimate of drug-likeness (QED) is 0.413. The van der Waals surface area contributed by atoms with Gasteiger partial charge in [-0.25, -0.2) is 9.18 Å². The molecule has 1 fully saturated rings.